The summed E-state index contributed by atoms with van der Waals surface area (Å²) in [6.45, 7) is 11.7. The topological polar surface area (TPSA) is 0 Å². The van der Waals surface area contributed by atoms with Crippen LogP contribution in [-0.4, -0.2) is 9.73 Å². The first-order valence-corrected chi connectivity index (χ1v) is 6.64. The Hall–Kier alpha value is -0.0400. The van der Waals surface area contributed by atoms with Crippen LogP contribution in [0.15, 0.2) is 0 Å². The molecule has 0 aromatic rings. The monoisotopic (exact) mass is 212 g/mol. The molecule has 0 radical (unpaired) electrons. The quantitative estimate of drug-likeness (QED) is 0.597. The molecule has 1 heterocycles. The largest absolute Gasteiger partial charge is 0.154 e. The number of hydrogen-bond donors (Lipinski definition) is 0. The molecule has 0 unspecified atom stereocenters. The Morgan fingerprint density at radius 2 is 2.07 bits per heavy atom. The van der Waals surface area contributed by atoms with Crippen LogP contribution in [0.5, 0.6) is 0 Å². The molecule has 82 valence electrons. The van der Waals surface area contributed by atoms with Gasteiger partial charge in [0, 0.05) is 0 Å². The van der Waals surface area contributed by atoms with Gasteiger partial charge >= 0.3 is 0 Å². The van der Waals surface area contributed by atoms with Crippen molar-refractivity contribution < 1.29 is 0 Å². The Labute approximate surface area is 92.6 Å². The standard InChI is InChI=1S/C13H24S/c1-6-13(5)8-7-12(10(2)3)14-11(4)9-13/h10H,6-9H2,1-5H3/t13-/m1/s1. The minimum atomic E-state index is 0.563. The summed E-state index contributed by atoms with van der Waals surface area (Å²) < 4.78 is 0. The van der Waals surface area contributed by atoms with Crippen LogP contribution in [-0.2, 0) is 0 Å². The van der Waals surface area contributed by atoms with Crippen LogP contribution >= 0.6 is 10.9 Å². The molecule has 1 aliphatic heterocycles. The van der Waals surface area contributed by atoms with Crippen molar-refractivity contribution in [2.45, 2.75) is 60.3 Å². The zero-order chi connectivity index (χ0) is 10.8. The molecular formula is C13H24S. The van der Waals surface area contributed by atoms with E-state index in [1.165, 1.54) is 25.7 Å². The Balaban J connectivity index is 2.86. The summed E-state index contributed by atoms with van der Waals surface area (Å²) in [7, 11) is 2.07. The SMILES string of the molecule is CC[C@]1(C)CCC(C(C)C)=S=C(C)C1. The minimum Gasteiger partial charge on any atom is -0.154 e. The Bertz CT molecular complexity index is 269. The first-order chi connectivity index (χ1) is 6.47. The second-order valence-corrected chi connectivity index (χ2v) is 6.69. The first-order valence-electron chi connectivity index (χ1n) is 5.83. The van der Waals surface area contributed by atoms with Crippen LogP contribution in [0, 0.1) is 11.3 Å². The van der Waals surface area contributed by atoms with E-state index in [9.17, 15) is 0 Å². The lowest BCUT2D eigenvalue weighted by Gasteiger charge is -2.27. The van der Waals surface area contributed by atoms with Gasteiger partial charge in [-0.05, 0) is 47.2 Å². The molecule has 14 heavy (non-hydrogen) atoms. The van der Waals surface area contributed by atoms with Crippen LogP contribution in [0.1, 0.15) is 60.3 Å². The first kappa shape index (κ1) is 12.0. The summed E-state index contributed by atoms with van der Waals surface area (Å²) in [4.78, 5) is 3.32. The van der Waals surface area contributed by atoms with Crippen molar-refractivity contribution in [2.24, 2.45) is 11.3 Å². The molecule has 1 atom stereocenters. The third-order valence-corrected chi connectivity index (χ3v) is 4.88. The van der Waals surface area contributed by atoms with Crippen molar-refractivity contribution in [2.75, 3.05) is 0 Å². The van der Waals surface area contributed by atoms with Crippen LogP contribution in [0.3, 0.4) is 0 Å². The highest BCUT2D eigenvalue weighted by Crippen LogP contribution is 2.35. The van der Waals surface area contributed by atoms with E-state index in [1.54, 1.807) is 9.73 Å². The van der Waals surface area contributed by atoms with E-state index in [-0.39, 0.29) is 0 Å². The molecule has 0 aromatic carbocycles. The molecule has 0 amide bonds. The van der Waals surface area contributed by atoms with Gasteiger partial charge < -0.3 is 0 Å². The van der Waals surface area contributed by atoms with Crippen molar-refractivity contribution in [3.05, 3.63) is 0 Å². The van der Waals surface area contributed by atoms with E-state index >= 15 is 0 Å². The Kier molecular flexibility index (Phi) is 4.00. The molecule has 1 heteroatoms. The summed E-state index contributed by atoms with van der Waals surface area (Å²) in [6.07, 6.45) is 5.33. The summed E-state index contributed by atoms with van der Waals surface area (Å²) in [5.41, 5.74) is 0.563. The van der Waals surface area contributed by atoms with E-state index in [0.29, 0.717) is 5.41 Å². The fraction of sp³-hybridized carbons (Fsp3) is 0.846. The van der Waals surface area contributed by atoms with Gasteiger partial charge in [0.1, 0.15) is 0 Å². The van der Waals surface area contributed by atoms with Crippen LogP contribution < -0.4 is 0 Å². The summed E-state index contributed by atoms with van der Waals surface area (Å²) in [5, 5.41) is 0. The molecule has 0 N–H and O–H groups in total. The molecule has 1 aliphatic rings. The molecular weight excluding hydrogens is 188 g/mol. The van der Waals surface area contributed by atoms with Gasteiger partial charge in [0.25, 0.3) is 0 Å². The second-order valence-electron chi connectivity index (χ2n) is 5.27. The van der Waals surface area contributed by atoms with Gasteiger partial charge in [-0.2, -0.15) is 10.9 Å². The molecule has 0 nitrogen and oxygen atoms in total. The normalized spacial score (nSPS) is 29.0. The highest BCUT2D eigenvalue weighted by Gasteiger charge is 2.25. The smallest absolute Gasteiger partial charge is 0.0153 e. The van der Waals surface area contributed by atoms with Crippen molar-refractivity contribution in [3.63, 3.8) is 0 Å². The molecule has 0 fully saturated rings. The maximum atomic E-state index is 2.44. The van der Waals surface area contributed by atoms with E-state index in [4.69, 9.17) is 0 Å². The Morgan fingerprint density at radius 3 is 2.57 bits per heavy atom. The van der Waals surface area contributed by atoms with Gasteiger partial charge in [0.05, 0.1) is 0 Å². The maximum absolute atomic E-state index is 2.44. The summed E-state index contributed by atoms with van der Waals surface area (Å²) in [5.74, 6) is 0.745. The fourth-order valence-electron chi connectivity index (χ4n) is 2.13. The lowest BCUT2D eigenvalue weighted by molar-refractivity contribution is 0.304. The van der Waals surface area contributed by atoms with Crippen LogP contribution in [0.25, 0.3) is 0 Å². The van der Waals surface area contributed by atoms with E-state index in [1.807, 2.05) is 0 Å². The predicted molar refractivity (Wildman–Crippen MR) is 70.4 cm³/mol. The molecule has 0 saturated heterocycles. The van der Waals surface area contributed by atoms with E-state index in [2.05, 4.69) is 45.6 Å². The lowest BCUT2D eigenvalue weighted by Crippen LogP contribution is -2.18. The Morgan fingerprint density at radius 1 is 1.43 bits per heavy atom. The van der Waals surface area contributed by atoms with Gasteiger partial charge in [0.15, 0.2) is 0 Å². The zero-order valence-electron chi connectivity index (χ0n) is 10.3. The minimum absolute atomic E-state index is 0.563. The summed E-state index contributed by atoms with van der Waals surface area (Å²) >= 11 is 0. The van der Waals surface area contributed by atoms with E-state index < -0.39 is 0 Å². The maximum Gasteiger partial charge on any atom is -0.0153 e. The lowest BCUT2D eigenvalue weighted by atomic mass is 9.78. The average Bonchev–Trinajstić information content (AvgIpc) is 2.25. The average molecular weight is 212 g/mol. The van der Waals surface area contributed by atoms with Gasteiger partial charge in [-0.1, -0.05) is 34.1 Å². The second kappa shape index (κ2) is 4.65. The zero-order valence-corrected chi connectivity index (χ0v) is 11.1. The predicted octanol–water partition coefficient (Wildman–Crippen LogP) is 4.34. The molecule has 0 bridgehead atoms. The number of rotatable bonds is 2. The van der Waals surface area contributed by atoms with Crippen molar-refractivity contribution in [1.82, 2.24) is 0 Å². The van der Waals surface area contributed by atoms with Crippen molar-refractivity contribution in [1.29, 1.82) is 0 Å². The molecule has 0 saturated carbocycles. The van der Waals surface area contributed by atoms with Crippen molar-refractivity contribution >= 4 is 20.7 Å². The fourth-order valence-corrected chi connectivity index (χ4v) is 3.44. The molecule has 0 spiro atoms. The molecule has 0 aromatic heterocycles. The van der Waals surface area contributed by atoms with Gasteiger partial charge in [-0.15, -0.1) is 0 Å². The van der Waals surface area contributed by atoms with Gasteiger partial charge in [0.2, 0.25) is 0 Å². The van der Waals surface area contributed by atoms with E-state index in [0.717, 1.165) is 5.92 Å². The van der Waals surface area contributed by atoms with Crippen molar-refractivity contribution in [3.8, 4) is 0 Å². The number of hydrogen-bond acceptors (Lipinski definition) is 0. The van der Waals surface area contributed by atoms with Crippen LogP contribution in [0.4, 0.5) is 0 Å². The third kappa shape index (κ3) is 2.98. The van der Waals surface area contributed by atoms with Gasteiger partial charge in [-0.25, -0.2) is 0 Å². The highest BCUT2D eigenvalue weighted by molar-refractivity contribution is 7.98. The third-order valence-electron chi connectivity index (χ3n) is 3.45. The van der Waals surface area contributed by atoms with Gasteiger partial charge in [-0.3, -0.25) is 0 Å². The highest BCUT2D eigenvalue weighted by atomic mass is 32.1. The summed E-state index contributed by atoms with van der Waals surface area (Å²) in [6, 6.07) is 0. The van der Waals surface area contributed by atoms with Crippen LogP contribution in [0.2, 0.25) is 0 Å². The molecule has 0 aliphatic carbocycles. The molecule has 1 rings (SSSR count).